The topological polar surface area (TPSA) is 9.23 Å². The normalized spacial score (nSPS) is 24.9. The second kappa shape index (κ2) is 7.28. The molecule has 1 aliphatic rings. The van der Waals surface area contributed by atoms with Crippen LogP contribution in [-0.4, -0.2) is 12.7 Å². The van der Waals surface area contributed by atoms with E-state index in [0.29, 0.717) is 6.10 Å². The van der Waals surface area contributed by atoms with Crippen molar-refractivity contribution in [3.63, 3.8) is 0 Å². The molecule has 0 aromatic rings. The molecule has 1 aliphatic heterocycles. The molecule has 0 N–H and O–H groups in total. The summed E-state index contributed by atoms with van der Waals surface area (Å²) in [6.45, 7) is 5.61. The molecule has 0 amide bonds. The van der Waals surface area contributed by atoms with Crippen LogP contribution in [0.25, 0.3) is 0 Å². The molecule has 0 aromatic heterocycles. The van der Waals surface area contributed by atoms with Gasteiger partial charge in [-0.2, -0.15) is 0 Å². The molecule has 1 nitrogen and oxygen atoms in total. The molecule has 1 saturated heterocycles. The molecule has 0 spiro atoms. The SMILES string of the molecule is CCCCC(CC)CC1CCCCO1. The summed E-state index contributed by atoms with van der Waals surface area (Å²) in [7, 11) is 0. The predicted molar refractivity (Wildman–Crippen MR) is 61.5 cm³/mol. The van der Waals surface area contributed by atoms with Gasteiger partial charge in [0.2, 0.25) is 0 Å². The van der Waals surface area contributed by atoms with Gasteiger partial charge in [0.1, 0.15) is 0 Å². The second-order valence-corrected chi connectivity index (χ2v) is 4.64. The van der Waals surface area contributed by atoms with Crippen molar-refractivity contribution in [2.45, 2.75) is 71.3 Å². The van der Waals surface area contributed by atoms with Crippen LogP contribution in [0.5, 0.6) is 0 Å². The van der Waals surface area contributed by atoms with E-state index >= 15 is 0 Å². The minimum Gasteiger partial charge on any atom is -0.378 e. The molecule has 0 saturated carbocycles. The minimum atomic E-state index is 0.588. The van der Waals surface area contributed by atoms with E-state index in [2.05, 4.69) is 13.8 Å². The van der Waals surface area contributed by atoms with Crippen LogP contribution in [0, 0.1) is 5.92 Å². The Morgan fingerprint density at radius 1 is 1.29 bits per heavy atom. The summed E-state index contributed by atoms with van der Waals surface area (Å²) in [6, 6.07) is 0. The lowest BCUT2D eigenvalue weighted by Crippen LogP contribution is -2.22. The highest BCUT2D eigenvalue weighted by atomic mass is 16.5. The Hall–Kier alpha value is -0.0400. The van der Waals surface area contributed by atoms with Crippen LogP contribution in [0.4, 0.5) is 0 Å². The lowest BCUT2D eigenvalue weighted by atomic mass is 9.91. The smallest absolute Gasteiger partial charge is 0.0577 e. The second-order valence-electron chi connectivity index (χ2n) is 4.64. The van der Waals surface area contributed by atoms with Crippen molar-refractivity contribution in [2.75, 3.05) is 6.61 Å². The van der Waals surface area contributed by atoms with E-state index in [9.17, 15) is 0 Å². The van der Waals surface area contributed by atoms with E-state index < -0.39 is 0 Å². The molecule has 0 radical (unpaired) electrons. The molecule has 1 fully saturated rings. The Kier molecular flexibility index (Phi) is 6.25. The van der Waals surface area contributed by atoms with Crippen molar-refractivity contribution in [2.24, 2.45) is 5.92 Å². The van der Waals surface area contributed by atoms with Crippen LogP contribution >= 0.6 is 0 Å². The molecule has 14 heavy (non-hydrogen) atoms. The van der Waals surface area contributed by atoms with Gasteiger partial charge in [0, 0.05) is 6.61 Å². The monoisotopic (exact) mass is 198 g/mol. The van der Waals surface area contributed by atoms with Gasteiger partial charge in [-0.15, -0.1) is 0 Å². The Morgan fingerprint density at radius 3 is 2.71 bits per heavy atom. The molecule has 0 bridgehead atoms. The zero-order valence-electron chi connectivity index (χ0n) is 9.93. The van der Waals surface area contributed by atoms with E-state index in [4.69, 9.17) is 4.74 Å². The molecular weight excluding hydrogens is 172 g/mol. The summed E-state index contributed by atoms with van der Waals surface area (Å²) in [5.41, 5.74) is 0. The quantitative estimate of drug-likeness (QED) is 0.622. The zero-order valence-corrected chi connectivity index (χ0v) is 9.93. The first kappa shape index (κ1) is 12.0. The first-order chi connectivity index (χ1) is 6.86. The summed E-state index contributed by atoms with van der Waals surface area (Å²) in [5, 5.41) is 0. The van der Waals surface area contributed by atoms with Gasteiger partial charge >= 0.3 is 0 Å². The maximum absolute atomic E-state index is 5.79. The maximum atomic E-state index is 5.79. The number of rotatable bonds is 6. The average Bonchev–Trinajstić information content (AvgIpc) is 2.25. The van der Waals surface area contributed by atoms with Gasteiger partial charge in [0.05, 0.1) is 6.10 Å². The van der Waals surface area contributed by atoms with Crippen molar-refractivity contribution in [3.8, 4) is 0 Å². The number of hydrogen-bond acceptors (Lipinski definition) is 1. The first-order valence-electron chi connectivity index (χ1n) is 6.48. The van der Waals surface area contributed by atoms with Gasteiger partial charge < -0.3 is 4.74 Å². The number of unbranched alkanes of at least 4 members (excludes halogenated alkanes) is 1. The lowest BCUT2D eigenvalue weighted by molar-refractivity contribution is 0.000241. The Morgan fingerprint density at radius 2 is 2.14 bits per heavy atom. The average molecular weight is 198 g/mol. The molecule has 2 unspecified atom stereocenters. The molecule has 2 atom stereocenters. The van der Waals surface area contributed by atoms with E-state index in [0.717, 1.165) is 12.5 Å². The molecule has 84 valence electrons. The minimum absolute atomic E-state index is 0.588. The number of ether oxygens (including phenoxy) is 1. The summed E-state index contributed by atoms with van der Waals surface area (Å²) >= 11 is 0. The molecular formula is C13H26O. The van der Waals surface area contributed by atoms with Crippen LogP contribution < -0.4 is 0 Å². The third-order valence-electron chi connectivity index (χ3n) is 3.41. The molecule has 0 aromatic carbocycles. The highest BCUT2D eigenvalue weighted by Crippen LogP contribution is 2.24. The fourth-order valence-corrected chi connectivity index (χ4v) is 2.35. The van der Waals surface area contributed by atoms with Crippen LogP contribution in [0.1, 0.15) is 65.2 Å². The fourth-order valence-electron chi connectivity index (χ4n) is 2.35. The van der Waals surface area contributed by atoms with E-state index in [1.165, 1.54) is 51.4 Å². The van der Waals surface area contributed by atoms with Crippen molar-refractivity contribution in [1.82, 2.24) is 0 Å². The van der Waals surface area contributed by atoms with E-state index in [1.54, 1.807) is 0 Å². The van der Waals surface area contributed by atoms with Crippen LogP contribution in [0.15, 0.2) is 0 Å². The lowest BCUT2D eigenvalue weighted by Gasteiger charge is -2.26. The van der Waals surface area contributed by atoms with Crippen molar-refractivity contribution < 1.29 is 4.74 Å². The molecule has 1 heteroatoms. The highest BCUT2D eigenvalue weighted by molar-refractivity contribution is 4.69. The van der Waals surface area contributed by atoms with Crippen LogP contribution in [-0.2, 0) is 4.74 Å². The summed E-state index contributed by atoms with van der Waals surface area (Å²) in [6.07, 6.45) is 11.3. The summed E-state index contributed by atoms with van der Waals surface area (Å²) in [5.74, 6) is 0.915. The molecule has 1 heterocycles. The highest BCUT2D eigenvalue weighted by Gasteiger charge is 2.17. The van der Waals surface area contributed by atoms with E-state index in [1.807, 2.05) is 0 Å². The van der Waals surface area contributed by atoms with Gasteiger partial charge in [0.15, 0.2) is 0 Å². The molecule has 1 rings (SSSR count). The van der Waals surface area contributed by atoms with Crippen molar-refractivity contribution in [1.29, 1.82) is 0 Å². The van der Waals surface area contributed by atoms with Gasteiger partial charge in [-0.3, -0.25) is 0 Å². The van der Waals surface area contributed by atoms with Crippen LogP contribution in [0.3, 0.4) is 0 Å². The standard InChI is InChI=1S/C13H26O/c1-3-5-8-12(4-2)11-13-9-6-7-10-14-13/h12-13H,3-11H2,1-2H3. The Labute approximate surface area is 89.2 Å². The van der Waals surface area contributed by atoms with Gasteiger partial charge in [-0.25, -0.2) is 0 Å². The van der Waals surface area contributed by atoms with Crippen LogP contribution in [0.2, 0.25) is 0 Å². The maximum Gasteiger partial charge on any atom is 0.0577 e. The Bertz CT molecular complexity index is 127. The largest absolute Gasteiger partial charge is 0.378 e. The summed E-state index contributed by atoms with van der Waals surface area (Å²) in [4.78, 5) is 0. The first-order valence-corrected chi connectivity index (χ1v) is 6.48. The van der Waals surface area contributed by atoms with Crippen molar-refractivity contribution >= 4 is 0 Å². The predicted octanol–water partition coefficient (Wildman–Crippen LogP) is 4.16. The fraction of sp³-hybridized carbons (Fsp3) is 1.00. The van der Waals surface area contributed by atoms with E-state index in [-0.39, 0.29) is 0 Å². The Balaban J connectivity index is 2.16. The van der Waals surface area contributed by atoms with Gasteiger partial charge in [-0.05, 0) is 31.6 Å². The van der Waals surface area contributed by atoms with Crippen molar-refractivity contribution in [3.05, 3.63) is 0 Å². The third-order valence-corrected chi connectivity index (χ3v) is 3.41. The molecule has 0 aliphatic carbocycles. The van der Waals surface area contributed by atoms with Gasteiger partial charge in [-0.1, -0.05) is 39.5 Å². The summed E-state index contributed by atoms with van der Waals surface area (Å²) < 4.78 is 5.79. The third kappa shape index (κ3) is 4.45. The van der Waals surface area contributed by atoms with Gasteiger partial charge in [0.25, 0.3) is 0 Å². The number of hydrogen-bond donors (Lipinski definition) is 0. The zero-order chi connectivity index (χ0) is 10.2.